The van der Waals surface area contributed by atoms with Gasteiger partial charge in [0.25, 0.3) is 5.91 Å². The number of aryl methyl sites for hydroxylation is 1. The second kappa shape index (κ2) is 5.81. The molecule has 0 unspecified atom stereocenters. The van der Waals surface area contributed by atoms with Crippen molar-refractivity contribution in [3.63, 3.8) is 0 Å². The number of rotatable bonds is 4. The number of hydrogen-bond donors (Lipinski definition) is 1. The highest BCUT2D eigenvalue weighted by atomic mass is 35.5. The number of aromatic nitrogens is 2. The molecule has 0 radical (unpaired) electrons. The van der Waals surface area contributed by atoms with Crippen molar-refractivity contribution in [2.75, 3.05) is 12.4 Å². The van der Waals surface area contributed by atoms with E-state index >= 15 is 0 Å². The molecule has 0 aliphatic carbocycles. The molecule has 0 spiro atoms. The lowest BCUT2D eigenvalue weighted by atomic mass is 10.3. The first kappa shape index (κ1) is 13.5. The summed E-state index contributed by atoms with van der Waals surface area (Å²) >= 11 is 5.74. The Labute approximate surface area is 114 Å². The summed E-state index contributed by atoms with van der Waals surface area (Å²) in [5, 5.41) is 6.72. The topological polar surface area (TPSA) is 77.2 Å². The molecule has 0 aliphatic rings. The molecule has 2 rings (SSSR count). The predicted molar refractivity (Wildman–Crippen MR) is 69.2 cm³/mol. The maximum absolute atomic E-state index is 11.9. The summed E-state index contributed by atoms with van der Waals surface area (Å²) in [5.74, 6) is 0.108. The molecule has 0 aromatic carbocycles. The molecule has 0 saturated carbocycles. The van der Waals surface area contributed by atoms with Crippen molar-refractivity contribution in [3.05, 3.63) is 40.5 Å². The Kier molecular flexibility index (Phi) is 4.13. The normalized spacial score (nSPS) is 10.5. The van der Waals surface area contributed by atoms with Crippen molar-refractivity contribution in [1.82, 2.24) is 10.1 Å². The Morgan fingerprint density at radius 1 is 1.53 bits per heavy atom. The number of nitrogens with one attached hydrogen (secondary N) is 1. The third-order valence-electron chi connectivity index (χ3n) is 2.38. The van der Waals surface area contributed by atoms with Crippen LogP contribution in [-0.4, -0.2) is 23.2 Å². The minimum Gasteiger partial charge on any atom is -0.377 e. The first-order chi connectivity index (χ1) is 9.10. The Morgan fingerprint density at radius 2 is 2.32 bits per heavy atom. The van der Waals surface area contributed by atoms with Crippen molar-refractivity contribution in [1.29, 1.82) is 0 Å². The van der Waals surface area contributed by atoms with E-state index in [4.69, 9.17) is 20.9 Å². The van der Waals surface area contributed by atoms with Gasteiger partial charge in [-0.1, -0.05) is 16.8 Å². The molecule has 0 bridgehead atoms. The van der Waals surface area contributed by atoms with Gasteiger partial charge < -0.3 is 14.6 Å². The fraction of sp³-hybridized carbons (Fsp3) is 0.250. The van der Waals surface area contributed by atoms with E-state index in [1.165, 1.54) is 13.2 Å². The van der Waals surface area contributed by atoms with Gasteiger partial charge in [-0.3, -0.25) is 4.79 Å². The molecule has 7 heteroatoms. The quantitative estimate of drug-likeness (QED) is 0.871. The summed E-state index contributed by atoms with van der Waals surface area (Å²) in [4.78, 5) is 16.0. The van der Waals surface area contributed by atoms with Crippen LogP contribution in [0.4, 0.5) is 5.69 Å². The van der Waals surface area contributed by atoms with Crippen LogP contribution in [-0.2, 0) is 11.3 Å². The molecule has 2 aromatic rings. The zero-order chi connectivity index (χ0) is 13.8. The summed E-state index contributed by atoms with van der Waals surface area (Å²) in [6.07, 6.45) is 0. The van der Waals surface area contributed by atoms with E-state index in [-0.39, 0.29) is 18.2 Å². The Hall–Kier alpha value is -1.92. The Bertz CT molecular complexity index is 598. The molecular weight excluding hydrogens is 270 g/mol. The summed E-state index contributed by atoms with van der Waals surface area (Å²) in [7, 11) is 1.53. The lowest BCUT2D eigenvalue weighted by Crippen LogP contribution is -2.13. The third kappa shape index (κ3) is 3.30. The average molecular weight is 282 g/mol. The Balaban J connectivity index is 2.11. The first-order valence-corrected chi connectivity index (χ1v) is 5.87. The van der Waals surface area contributed by atoms with E-state index in [9.17, 15) is 4.79 Å². The van der Waals surface area contributed by atoms with Gasteiger partial charge in [-0.15, -0.1) is 0 Å². The molecule has 100 valence electrons. The second-order valence-corrected chi connectivity index (χ2v) is 4.22. The van der Waals surface area contributed by atoms with E-state index in [1.807, 2.05) is 0 Å². The van der Waals surface area contributed by atoms with Gasteiger partial charge >= 0.3 is 0 Å². The fourth-order valence-electron chi connectivity index (χ4n) is 1.48. The number of carbonyl (C=O) groups excluding carboxylic acids is 1. The number of halogens is 1. The van der Waals surface area contributed by atoms with Gasteiger partial charge in [0.1, 0.15) is 11.8 Å². The van der Waals surface area contributed by atoms with Gasteiger partial charge in [0.15, 0.2) is 11.5 Å². The number of anilines is 1. The molecule has 1 amide bonds. The molecular formula is C12H12ClN3O3. The minimum atomic E-state index is -0.377. The number of methoxy groups -OCH3 is 1. The summed E-state index contributed by atoms with van der Waals surface area (Å²) in [6.45, 7) is 2.02. The molecule has 2 aromatic heterocycles. The molecule has 19 heavy (non-hydrogen) atoms. The van der Waals surface area contributed by atoms with Gasteiger partial charge in [-0.2, -0.15) is 0 Å². The van der Waals surface area contributed by atoms with Crippen LogP contribution in [0, 0.1) is 6.92 Å². The van der Waals surface area contributed by atoms with Crippen LogP contribution in [0.15, 0.2) is 22.7 Å². The van der Waals surface area contributed by atoms with Crippen LogP contribution in [0.25, 0.3) is 0 Å². The van der Waals surface area contributed by atoms with Gasteiger partial charge in [0, 0.05) is 13.2 Å². The van der Waals surface area contributed by atoms with Gasteiger partial charge in [-0.05, 0) is 19.1 Å². The maximum atomic E-state index is 11.9. The van der Waals surface area contributed by atoms with Crippen molar-refractivity contribution in [2.45, 2.75) is 13.5 Å². The van der Waals surface area contributed by atoms with Gasteiger partial charge in [0.05, 0.1) is 11.4 Å². The standard InChI is InChI=1S/C12H12ClN3O3/c1-7-9(3-4-11(13)14-7)15-12(17)10-5-8(6-18-2)19-16-10/h3-5H,6H2,1-2H3,(H,15,17). The van der Waals surface area contributed by atoms with Gasteiger partial charge in [-0.25, -0.2) is 4.98 Å². The number of ether oxygens (including phenoxy) is 1. The van der Waals surface area contributed by atoms with Crippen LogP contribution in [0.5, 0.6) is 0 Å². The first-order valence-electron chi connectivity index (χ1n) is 5.49. The number of amides is 1. The number of pyridine rings is 1. The van der Waals surface area contributed by atoms with Crippen LogP contribution in [0.3, 0.4) is 0 Å². The molecule has 2 heterocycles. The maximum Gasteiger partial charge on any atom is 0.277 e. The van der Waals surface area contributed by atoms with Crippen LogP contribution >= 0.6 is 11.6 Å². The van der Waals surface area contributed by atoms with E-state index in [2.05, 4.69) is 15.5 Å². The highest BCUT2D eigenvalue weighted by Crippen LogP contribution is 2.16. The minimum absolute atomic E-state index is 0.182. The van der Waals surface area contributed by atoms with E-state index < -0.39 is 0 Å². The highest BCUT2D eigenvalue weighted by Gasteiger charge is 2.14. The molecule has 0 saturated heterocycles. The molecule has 6 nitrogen and oxygen atoms in total. The van der Waals surface area contributed by atoms with E-state index in [0.717, 1.165) is 0 Å². The second-order valence-electron chi connectivity index (χ2n) is 3.83. The van der Waals surface area contributed by atoms with Crippen molar-refractivity contribution in [3.8, 4) is 0 Å². The molecule has 0 aliphatic heterocycles. The molecule has 1 N–H and O–H groups in total. The van der Waals surface area contributed by atoms with Crippen LogP contribution in [0.1, 0.15) is 21.9 Å². The van der Waals surface area contributed by atoms with Crippen molar-refractivity contribution in [2.24, 2.45) is 0 Å². The summed E-state index contributed by atoms with van der Waals surface area (Å²) in [5.41, 5.74) is 1.38. The number of carbonyl (C=O) groups is 1. The SMILES string of the molecule is COCc1cc(C(=O)Nc2ccc(Cl)nc2C)no1. The smallest absolute Gasteiger partial charge is 0.277 e. The fourth-order valence-corrected chi connectivity index (χ4v) is 1.67. The Morgan fingerprint density at radius 3 is 3.00 bits per heavy atom. The monoisotopic (exact) mass is 281 g/mol. The number of nitrogens with zero attached hydrogens (tertiary/aromatic N) is 2. The molecule has 0 atom stereocenters. The average Bonchev–Trinajstić information content (AvgIpc) is 2.82. The zero-order valence-electron chi connectivity index (χ0n) is 10.4. The number of hydrogen-bond acceptors (Lipinski definition) is 5. The van der Waals surface area contributed by atoms with Crippen LogP contribution in [0.2, 0.25) is 5.15 Å². The lowest BCUT2D eigenvalue weighted by molar-refractivity contribution is 0.101. The van der Waals surface area contributed by atoms with Crippen LogP contribution < -0.4 is 5.32 Å². The van der Waals surface area contributed by atoms with Crippen molar-refractivity contribution >= 4 is 23.2 Å². The highest BCUT2D eigenvalue weighted by molar-refractivity contribution is 6.29. The molecule has 0 fully saturated rings. The van der Waals surface area contributed by atoms with E-state index in [0.29, 0.717) is 22.3 Å². The lowest BCUT2D eigenvalue weighted by Gasteiger charge is -2.05. The predicted octanol–water partition coefficient (Wildman–Crippen LogP) is 2.43. The van der Waals surface area contributed by atoms with Crippen molar-refractivity contribution < 1.29 is 14.1 Å². The summed E-state index contributed by atoms with van der Waals surface area (Å²) < 4.78 is 9.82. The third-order valence-corrected chi connectivity index (χ3v) is 2.59. The zero-order valence-corrected chi connectivity index (χ0v) is 11.2. The largest absolute Gasteiger partial charge is 0.377 e. The van der Waals surface area contributed by atoms with E-state index in [1.54, 1.807) is 19.1 Å². The summed E-state index contributed by atoms with van der Waals surface area (Å²) in [6, 6.07) is 4.81. The van der Waals surface area contributed by atoms with Gasteiger partial charge in [0.2, 0.25) is 0 Å².